The quantitative estimate of drug-likeness (QED) is 0.771. The lowest BCUT2D eigenvalue weighted by atomic mass is 10.0. The van der Waals surface area contributed by atoms with Gasteiger partial charge >= 0.3 is 0 Å². The van der Waals surface area contributed by atoms with Gasteiger partial charge in [-0.05, 0) is 49.6 Å². The molecule has 0 fully saturated rings. The Bertz CT molecular complexity index is 271. The standard InChI is InChI=1S/C11H17NO/c1-4-13-10-5-8(2)11(7-12)9(3)6-10/h5-6H,4,7,12H2,1-3H3. The third-order valence-electron chi connectivity index (χ3n) is 2.18. The number of aryl methyl sites for hydroxylation is 2. The maximum atomic E-state index is 5.63. The largest absolute Gasteiger partial charge is 0.494 e. The first kappa shape index (κ1) is 10.1. The molecule has 1 aromatic carbocycles. The van der Waals surface area contributed by atoms with Crippen LogP contribution >= 0.6 is 0 Å². The van der Waals surface area contributed by atoms with Crippen LogP contribution in [0.25, 0.3) is 0 Å². The van der Waals surface area contributed by atoms with Crippen molar-refractivity contribution in [1.82, 2.24) is 0 Å². The van der Waals surface area contributed by atoms with Crippen molar-refractivity contribution in [3.63, 3.8) is 0 Å². The minimum atomic E-state index is 0.601. The number of nitrogens with two attached hydrogens (primary N) is 1. The van der Waals surface area contributed by atoms with Gasteiger partial charge in [-0.2, -0.15) is 0 Å². The van der Waals surface area contributed by atoms with Crippen molar-refractivity contribution in [2.24, 2.45) is 5.73 Å². The summed E-state index contributed by atoms with van der Waals surface area (Å²) in [7, 11) is 0. The highest BCUT2D eigenvalue weighted by molar-refractivity contribution is 5.40. The molecule has 0 aliphatic heterocycles. The zero-order valence-electron chi connectivity index (χ0n) is 8.55. The number of hydrogen-bond acceptors (Lipinski definition) is 2. The van der Waals surface area contributed by atoms with Gasteiger partial charge in [-0.1, -0.05) is 0 Å². The summed E-state index contributed by atoms with van der Waals surface area (Å²) in [6.07, 6.45) is 0. The van der Waals surface area contributed by atoms with Gasteiger partial charge in [0.2, 0.25) is 0 Å². The van der Waals surface area contributed by atoms with Crippen LogP contribution in [0.4, 0.5) is 0 Å². The second kappa shape index (κ2) is 4.28. The molecule has 0 aliphatic rings. The van der Waals surface area contributed by atoms with Crippen LogP contribution in [0, 0.1) is 13.8 Å². The molecule has 0 spiro atoms. The van der Waals surface area contributed by atoms with E-state index in [0.717, 1.165) is 5.75 Å². The van der Waals surface area contributed by atoms with Crippen molar-refractivity contribution >= 4 is 0 Å². The van der Waals surface area contributed by atoms with E-state index in [4.69, 9.17) is 10.5 Å². The maximum absolute atomic E-state index is 5.63. The lowest BCUT2D eigenvalue weighted by molar-refractivity contribution is 0.339. The molecular formula is C11H17NO. The van der Waals surface area contributed by atoms with E-state index in [1.807, 2.05) is 19.1 Å². The van der Waals surface area contributed by atoms with Gasteiger partial charge in [-0.25, -0.2) is 0 Å². The number of hydrogen-bond donors (Lipinski definition) is 1. The van der Waals surface area contributed by atoms with Crippen LogP contribution in [0.1, 0.15) is 23.6 Å². The van der Waals surface area contributed by atoms with Crippen LogP contribution < -0.4 is 10.5 Å². The molecular weight excluding hydrogens is 162 g/mol. The molecule has 0 bridgehead atoms. The lowest BCUT2D eigenvalue weighted by Gasteiger charge is -2.10. The van der Waals surface area contributed by atoms with Crippen molar-refractivity contribution in [1.29, 1.82) is 0 Å². The number of benzene rings is 1. The predicted molar refractivity (Wildman–Crippen MR) is 55.0 cm³/mol. The molecule has 0 radical (unpaired) electrons. The van der Waals surface area contributed by atoms with Crippen molar-refractivity contribution in [3.8, 4) is 5.75 Å². The summed E-state index contributed by atoms with van der Waals surface area (Å²) in [4.78, 5) is 0. The summed E-state index contributed by atoms with van der Waals surface area (Å²) in [5.41, 5.74) is 9.29. The van der Waals surface area contributed by atoms with E-state index >= 15 is 0 Å². The summed E-state index contributed by atoms with van der Waals surface area (Å²) < 4.78 is 5.43. The Labute approximate surface area is 79.7 Å². The topological polar surface area (TPSA) is 35.2 Å². The van der Waals surface area contributed by atoms with Gasteiger partial charge in [0.1, 0.15) is 5.75 Å². The molecule has 0 saturated carbocycles. The van der Waals surface area contributed by atoms with Crippen molar-refractivity contribution < 1.29 is 4.74 Å². The Kier molecular flexibility index (Phi) is 3.32. The Morgan fingerprint density at radius 2 is 1.77 bits per heavy atom. The summed E-state index contributed by atoms with van der Waals surface area (Å²) in [5, 5.41) is 0. The first-order valence-electron chi connectivity index (χ1n) is 4.62. The molecule has 2 heteroatoms. The molecule has 0 unspecified atom stereocenters. The Morgan fingerprint density at radius 3 is 2.15 bits per heavy atom. The van der Waals surface area contributed by atoms with Gasteiger partial charge in [0.25, 0.3) is 0 Å². The number of rotatable bonds is 3. The Balaban J connectivity index is 3.05. The average Bonchev–Trinajstić information content (AvgIpc) is 2.04. The third-order valence-corrected chi connectivity index (χ3v) is 2.18. The van der Waals surface area contributed by atoms with E-state index in [1.165, 1.54) is 16.7 Å². The monoisotopic (exact) mass is 179 g/mol. The van der Waals surface area contributed by atoms with Crippen LogP contribution in [-0.4, -0.2) is 6.61 Å². The van der Waals surface area contributed by atoms with Crippen molar-refractivity contribution in [2.45, 2.75) is 27.3 Å². The van der Waals surface area contributed by atoms with Crippen LogP contribution in [0.15, 0.2) is 12.1 Å². The Hall–Kier alpha value is -1.02. The predicted octanol–water partition coefficient (Wildman–Crippen LogP) is 2.16. The van der Waals surface area contributed by atoms with Crippen LogP contribution in [0.2, 0.25) is 0 Å². The lowest BCUT2D eigenvalue weighted by Crippen LogP contribution is -2.03. The van der Waals surface area contributed by atoms with E-state index < -0.39 is 0 Å². The van der Waals surface area contributed by atoms with Crippen LogP contribution in [0.3, 0.4) is 0 Å². The van der Waals surface area contributed by atoms with Gasteiger partial charge in [-0.15, -0.1) is 0 Å². The fourth-order valence-electron chi connectivity index (χ4n) is 1.53. The zero-order valence-corrected chi connectivity index (χ0v) is 8.55. The van der Waals surface area contributed by atoms with Gasteiger partial charge < -0.3 is 10.5 Å². The normalized spacial score (nSPS) is 10.2. The van der Waals surface area contributed by atoms with Crippen LogP contribution in [-0.2, 0) is 6.54 Å². The zero-order chi connectivity index (χ0) is 9.84. The minimum Gasteiger partial charge on any atom is -0.494 e. The fourth-order valence-corrected chi connectivity index (χ4v) is 1.53. The molecule has 1 aromatic rings. The fraction of sp³-hybridized carbons (Fsp3) is 0.455. The highest BCUT2D eigenvalue weighted by Crippen LogP contribution is 2.21. The van der Waals surface area contributed by atoms with E-state index in [2.05, 4.69) is 13.8 Å². The van der Waals surface area contributed by atoms with Gasteiger partial charge in [0.05, 0.1) is 6.61 Å². The summed E-state index contributed by atoms with van der Waals surface area (Å²) in [5.74, 6) is 0.940. The third kappa shape index (κ3) is 2.22. The first-order chi connectivity index (χ1) is 6.19. The number of ether oxygens (including phenoxy) is 1. The molecule has 0 heterocycles. The van der Waals surface area contributed by atoms with Gasteiger partial charge in [0.15, 0.2) is 0 Å². The van der Waals surface area contributed by atoms with Crippen molar-refractivity contribution in [3.05, 3.63) is 28.8 Å². The molecule has 2 N–H and O–H groups in total. The average molecular weight is 179 g/mol. The molecule has 0 aliphatic carbocycles. The molecule has 0 amide bonds. The molecule has 2 nitrogen and oxygen atoms in total. The molecule has 1 rings (SSSR count). The highest BCUT2D eigenvalue weighted by Gasteiger charge is 2.03. The Morgan fingerprint density at radius 1 is 1.23 bits per heavy atom. The minimum absolute atomic E-state index is 0.601. The summed E-state index contributed by atoms with van der Waals surface area (Å²) in [6, 6.07) is 4.08. The van der Waals surface area contributed by atoms with Gasteiger partial charge in [0, 0.05) is 6.54 Å². The van der Waals surface area contributed by atoms with E-state index in [1.54, 1.807) is 0 Å². The van der Waals surface area contributed by atoms with Crippen molar-refractivity contribution in [2.75, 3.05) is 6.61 Å². The van der Waals surface area contributed by atoms with Crippen LogP contribution in [0.5, 0.6) is 5.75 Å². The van der Waals surface area contributed by atoms with E-state index in [0.29, 0.717) is 13.2 Å². The molecule has 0 saturated heterocycles. The summed E-state index contributed by atoms with van der Waals surface area (Å²) in [6.45, 7) is 7.43. The molecule has 72 valence electrons. The van der Waals surface area contributed by atoms with E-state index in [9.17, 15) is 0 Å². The summed E-state index contributed by atoms with van der Waals surface area (Å²) >= 11 is 0. The van der Waals surface area contributed by atoms with E-state index in [-0.39, 0.29) is 0 Å². The molecule has 0 aromatic heterocycles. The molecule has 13 heavy (non-hydrogen) atoms. The SMILES string of the molecule is CCOc1cc(C)c(CN)c(C)c1. The smallest absolute Gasteiger partial charge is 0.119 e. The first-order valence-corrected chi connectivity index (χ1v) is 4.62. The maximum Gasteiger partial charge on any atom is 0.119 e. The second-order valence-corrected chi connectivity index (χ2v) is 3.17. The molecule has 0 atom stereocenters. The van der Waals surface area contributed by atoms with Gasteiger partial charge in [-0.3, -0.25) is 0 Å². The highest BCUT2D eigenvalue weighted by atomic mass is 16.5. The second-order valence-electron chi connectivity index (χ2n) is 3.17.